The van der Waals surface area contributed by atoms with E-state index in [1.54, 1.807) is 52.0 Å². The molecule has 4 heterocycles. The molecule has 58 heavy (non-hydrogen) atoms. The summed E-state index contributed by atoms with van der Waals surface area (Å²) in [7, 11) is 3.78. The second-order valence-corrected chi connectivity index (χ2v) is 17.1. The predicted octanol–water partition coefficient (Wildman–Crippen LogP) is 4.87. The van der Waals surface area contributed by atoms with Crippen LogP contribution in [-0.2, 0) is 52.3 Å². The maximum atomic E-state index is 14.6. The zero-order valence-corrected chi connectivity index (χ0v) is 35.7. The maximum absolute atomic E-state index is 14.6. The normalized spacial score (nSPS) is 40.1. The van der Waals surface area contributed by atoms with E-state index in [1.165, 1.54) is 6.92 Å². The largest absolute Gasteiger partial charge is 0.458 e. The molecule has 0 radical (unpaired) electrons. The molecule has 2 N–H and O–H groups in total. The van der Waals surface area contributed by atoms with Gasteiger partial charge in [-0.25, -0.2) is 9.59 Å². The lowest BCUT2D eigenvalue weighted by Crippen LogP contribution is -2.61. The highest BCUT2D eigenvalue weighted by molar-refractivity contribution is 5.86. The Morgan fingerprint density at radius 3 is 2.31 bits per heavy atom. The summed E-state index contributed by atoms with van der Waals surface area (Å²) in [5, 5.41) is 5.55. The number of alkyl carbamates (subject to hydrolysis) is 1. The topological polar surface area (TPSA) is 186 Å². The van der Waals surface area contributed by atoms with Gasteiger partial charge < -0.3 is 48.1 Å². The molecule has 5 rings (SSSR count). The summed E-state index contributed by atoms with van der Waals surface area (Å²) in [6.07, 6.45) is -6.58. The predicted molar refractivity (Wildman–Crippen MR) is 210 cm³/mol. The Morgan fingerprint density at radius 1 is 0.983 bits per heavy atom. The summed E-state index contributed by atoms with van der Waals surface area (Å²) in [6, 6.07) is 7.73. The van der Waals surface area contributed by atoms with E-state index < -0.39 is 102 Å². The van der Waals surface area contributed by atoms with Crippen molar-refractivity contribution in [3.8, 4) is 0 Å². The monoisotopic (exact) mass is 817 g/mol. The molecule has 0 aliphatic carbocycles. The van der Waals surface area contributed by atoms with Gasteiger partial charge in [-0.3, -0.25) is 19.7 Å². The summed E-state index contributed by atoms with van der Waals surface area (Å²) < 4.78 is 50.7. The lowest BCUT2D eigenvalue weighted by atomic mass is 9.73. The van der Waals surface area contributed by atoms with Gasteiger partial charge in [0.15, 0.2) is 24.1 Å². The van der Waals surface area contributed by atoms with Crippen LogP contribution in [0.4, 0.5) is 15.3 Å². The molecule has 4 aliphatic rings. The van der Waals surface area contributed by atoms with E-state index in [0.717, 1.165) is 0 Å². The highest BCUT2D eigenvalue weighted by atomic mass is 16.7. The Morgan fingerprint density at radius 2 is 1.67 bits per heavy atom. The molecule has 324 valence electrons. The first-order valence-corrected chi connectivity index (χ1v) is 20.4. The summed E-state index contributed by atoms with van der Waals surface area (Å²) in [5.41, 5.74) is -2.19. The van der Waals surface area contributed by atoms with E-state index in [1.807, 2.05) is 52.8 Å². The van der Waals surface area contributed by atoms with Gasteiger partial charge in [0.1, 0.15) is 11.9 Å². The number of carbonyl (C=O) groups is 5. The van der Waals surface area contributed by atoms with Crippen LogP contribution in [-0.4, -0.2) is 128 Å². The van der Waals surface area contributed by atoms with Crippen molar-refractivity contribution in [3.63, 3.8) is 0 Å². The minimum Gasteiger partial charge on any atom is -0.458 e. The van der Waals surface area contributed by atoms with Crippen LogP contribution in [0.3, 0.4) is 0 Å². The third kappa shape index (κ3) is 9.95. The van der Waals surface area contributed by atoms with E-state index >= 15 is 0 Å². The molecule has 4 aliphatic heterocycles. The van der Waals surface area contributed by atoms with E-state index in [2.05, 4.69) is 10.6 Å². The standard InChI is InChI=1S/C42H63N3O13/c1-12-31-42(9)35(44-40(50)58-42)24(4)32(47)22(2)19-41(8)36(57-38-34(54-27(7)46)30(45(10)11)18-23(3)53-38)25(5)33(26(6)37(48)56-31)51-20-29(21-52-41)55-39(49)43-28-16-14-13-15-17-28/h13-17,22-26,29-31,33-36,38H,12,18-21H2,1-11H3,(H,43,49)(H,44,50)/t22-,23-,24+,25-,26-,29?,30+,31-,33+,34-,35+,36-,38+,41-,42-/m1/s1. The van der Waals surface area contributed by atoms with Gasteiger partial charge >= 0.3 is 24.1 Å². The minimum absolute atomic E-state index is 0.0900. The van der Waals surface area contributed by atoms with Crippen molar-refractivity contribution in [2.45, 2.75) is 148 Å². The van der Waals surface area contributed by atoms with Crippen LogP contribution < -0.4 is 10.6 Å². The van der Waals surface area contributed by atoms with Crippen molar-refractivity contribution in [2.75, 3.05) is 32.6 Å². The smallest absolute Gasteiger partial charge is 0.412 e. The zero-order valence-electron chi connectivity index (χ0n) is 35.7. The maximum Gasteiger partial charge on any atom is 0.412 e. The van der Waals surface area contributed by atoms with Gasteiger partial charge in [0, 0.05) is 30.4 Å². The summed E-state index contributed by atoms with van der Waals surface area (Å²) >= 11 is 0. The fraction of sp³-hybridized carbons (Fsp3) is 0.738. The lowest BCUT2D eigenvalue weighted by molar-refractivity contribution is -0.305. The number of nitrogens with zero attached hydrogens (tertiary/aromatic N) is 1. The van der Waals surface area contributed by atoms with Crippen LogP contribution in [0.15, 0.2) is 30.3 Å². The van der Waals surface area contributed by atoms with Crippen LogP contribution in [0.25, 0.3) is 0 Å². The number of para-hydroxylation sites is 1. The molecule has 2 bridgehead atoms. The van der Waals surface area contributed by atoms with Crippen LogP contribution >= 0.6 is 0 Å². The average molecular weight is 818 g/mol. The number of amides is 2. The van der Waals surface area contributed by atoms with Crippen LogP contribution in [0.5, 0.6) is 0 Å². The van der Waals surface area contributed by atoms with Crippen molar-refractivity contribution in [1.29, 1.82) is 0 Å². The number of hydrogen-bond acceptors (Lipinski definition) is 14. The molecule has 0 aromatic heterocycles. The Hall–Kier alpha value is -3.83. The van der Waals surface area contributed by atoms with Crippen LogP contribution in [0.1, 0.15) is 81.6 Å². The first-order valence-electron chi connectivity index (χ1n) is 20.4. The summed E-state index contributed by atoms with van der Waals surface area (Å²) in [4.78, 5) is 69.5. The van der Waals surface area contributed by atoms with Gasteiger partial charge in [0.05, 0.1) is 55.1 Å². The third-order valence-corrected chi connectivity index (χ3v) is 12.3. The van der Waals surface area contributed by atoms with E-state index in [0.29, 0.717) is 12.1 Å². The molecular weight excluding hydrogens is 754 g/mol. The number of cyclic esters (lactones) is 1. The number of likely N-dealkylation sites (N-methyl/N-ethyl adjacent to an activating group) is 1. The quantitative estimate of drug-likeness (QED) is 0.281. The number of esters is 2. The second-order valence-electron chi connectivity index (χ2n) is 17.1. The highest BCUT2D eigenvalue weighted by Crippen LogP contribution is 2.42. The van der Waals surface area contributed by atoms with E-state index in [-0.39, 0.29) is 44.0 Å². The number of ketones is 1. The fourth-order valence-corrected chi connectivity index (χ4v) is 9.30. The summed E-state index contributed by atoms with van der Waals surface area (Å²) in [6.45, 7) is 15.3. The molecule has 16 nitrogen and oxygen atoms in total. The van der Waals surface area contributed by atoms with Gasteiger partial charge in [-0.2, -0.15) is 0 Å². The number of Topliss-reactive ketones (excluding diaryl/α,β-unsaturated/α-hetero) is 1. The van der Waals surface area contributed by atoms with E-state index in [9.17, 15) is 24.0 Å². The number of ether oxygens (including phenoxy) is 8. The zero-order chi connectivity index (χ0) is 42.7. The van der Waals surface area contributed by atoms with Gasteiger partial charge in [-0.15, -0.1) is 0 Å². The number of hydrogen-bond donors (Lipinski definition) is 2. The SMILES string of the molecule is CC[C@H]1OC(=O)[C@H](C)[C@H]2OCC(OC(=O)Nc3ccccc3)CO[C@](C)(C[C@@H](C)C(=O)[C@H](C)[C@@H]3NC(=O)O[C@]13C)[C@H](O[C@@H]1O[C@H](C)C[C@H](N(C)C)[C@H]1OC(C)=O)[C@@H]2C. The second kappa shape index (κ2) is 18.6. The molecule has 16 heteroatoms. The van der Waals surface area contributed by atoms with Gasteiger partial charge in [0.2, 0.25) is 0 Å². The van der Waals surface area contributed by atoms with Gasteiger partial charge in [0.25, 0.3) is 0 Å². The van der Waals surface area contributed by atoms with Gasteiger partial charge in [-0.05, 0) is 73.2 Å². The fourth-order valence-electron chi connectivity index (χ4n) is 9.30. The molecule has 0 spiro atoms. The van der Waals surface area contributed by atoms with Crippen molar-refractivity contribution in [1.82, 2.24) is 10.2 Å². The molecule has 0 saturated carbocycles. The number of rotatable bonds is 7. The first-order chi connectivity index (χ1) is 27.3. The van der Waals surface area contributed by atoms with Crippen molar-refractivity contribution < 1.29 is 61.9 Å². The molecule has 4 fully saturated rings. The number of anilines is 1. The third-order valence-electron chi connectivity index (χ3n) is 12.3. The molecule has 1 aromatic rings. The van der Waals surface area contributed by atoms with Crippen LogP contribution in [0, 0.1) is 23.7 Å². The first kappa shape index (κ1) is 45.3. The Balaban J connectivity index is 1.62. The van der Waals surface area contributed by atoms with Crippen molar-refractivity contribution in [3.05, 3.63) is 30.3 Å². The summed E-state index contributed by atoms with van der Waals surface area (Å²) in [5.74, 6) is -4.44. The Bertz CT molecular complexity index is 1630. The molecule has 4 saturated heterocycles. The molecule has 1 aromatic carbocycles. The van der Waals surface area contributed by atoms with Crippen LogP contribution in [0.2, 0.25) is 0 Å². The Labute approximate surface area is 341 Å². The molecule has 2 amide bonds. The lowest BCUT2D eigenvalue weighted by Gasteiger charge is -2.49. The molecule has 1 unspecified atom stereocenters. The minimum atomic E-state index is -1.36. The molecular formula is C42H63N3O13. The van der Waals surface area contributed by atoms with Crippen molar-refractivity contribution in [2.24, 2.45) is 23.7 Å². The van der Waals surface area contributed by atoms with Gasteiger partial charge in [-0.1, -0.05) is 45.9 Å². The average Bonchev–Trinajstić information content (AvgIpc) is 3.49. The highest BCUT2D eigenvalue weighted by Gasteiger charge is 2.58. The Kier molecular flexibility index (Phi) is 14.5. The number of fused-ring (bicyclic) bond motifs is 4. The number of benzene rings is 1. The number of nitrogens with one attached hydrogen (secondary N) is 2. The number of carbonyl (C=O) groups excluding carboxylic acids is 5. The van der Waals surface area contributed by atoms with E-state index in [4.69, 9.17) is 37.9 Å². The molecule has 15 atom stereocenters. The van der Waals surface area contributed by atoms with Crippen molar-refractivity contribution >= 4 is 35.6 Å².